The summed E-state index contributed by atoms with van der Waals surface area (Å²) < 4.78 is 28.7. The number of aliphatic hydroxyl groups excluding tert-OH is 1. The number of hydrogen-bond acceptors (Lipinski definition) is 3. The number of nitrogens with one attached hydrogen (secondary N) is 1. The number of hydrogen-bond donors (Lipinski definition) is 2. The predicted octanol–water partition coefficient (Wildman–Crippen LogP) is 1.79. The molecule has 0 unspecified atom stereocenters. The van der Waals surface area contributed by atoms with Crippen molar-refractivity contribution in [3.63, 3.8) is 0 Å². The molecule has 1 aliphatic rings. The van der Waals surface area contributed by atoms with Crippen LogP contribution in [0, 0.1) is 5.92 Å². The Morgan fingerprint density at radius 1 is 1.42 bits per heavy atom. The molecule has 19 heavy (non-hydrogen) atoms. The number of benzene rings is 1. The second-order valence-electron chi connectivity index (χ2n) is 4.58. The molecule has 1 fully saturated rings. The maximum Gasteiger partial charge on any atom is 0.387 e. The summed E-state index contributed by atoms with van der Waals surface area (Å²) in [6, 6.07) is 5.87. The van der Waals surface area contributed by atoms with Crippen LogP contribution in [0.1, 0.15) is 23.2 Å². The van der Waals surface area contributed by atoms with Gasteiger partial charge in [0.15, 0.2) is 0 Å². The smallest absolute Gasteiger partial charge is 0.387 e. The molecule has 6 heteroatoms. The molecule has 0 radical (unpaired) electrons. The molecule has 0 saturated heterocycles. The number of carbonyl (C=O) groups excluding carboxylic acids is 1. The van der Waals surface area contributed by atoms with Crippen molar-refractivity contribution in [1.29, 1.82) is 0 Å². The minimum Gasteiger partial charge on any atom is -0.434 e. The van der Waals surface area contributed by atoms with Crippen LogP contribution in [0.2, 0.25) is 0 Å². The topological polar surface area (TPSA) is 58.6 Å². The van der Waals surface area contributed by atoms with Crippen LogP contribution in [0.15, 0.2) is 24.3 Å². The van der Waals surface area contributed by atoms with Crippen molar-refractivity contribution in [2.75, 3.05) is 6.54 Å². The fourth-order valence-electron chi connectivity index (χ4n) is 2.05. The Kier molecular flexibility index (Phi) is 4.31. The van der Waals surface area contributed by atoms with Crippen molar-refractivity contribution in [3.05, 3.63) is 29.8 Å². The molecule has 104 valence electrons. The fraction of sp³-hybridized carbons (Fsp3) is 0.462. The summed E-state index contributed by atoms with van der Waals surface area (Å²) in [5.74, 6) is -0.330. The van der Waals surface area contributed by atoms with E-state index in [1.165, 1.54) is 18.2 Å². The molecular formula is C13H15F2NO3. The highest BCUT2D eigenvalue weighted by atomic mass is 19.3. The van der Waals surface area contributed by atoms with Gasteiger partial charge in [-0.1, -0.05) is 12.1 Å². The molecule has 1 aromatic carbocycles. The third-order valence-electron chi connectivity index (χ3n) is 3.11. The lowest BCUT2D eigenvalue weighted by Crippen LogP contribution is -2.38. The van der Waals surface area contributed by atoms with E-state index in [4.69, 9.17) is 5.11 Å². The summed E-state index contributed by atoms with van der Waals surface area (Å²) in [7, 11) is 0. The van der Waals surface area contributed by atoms with E-state index in [-0.39, 0.29) is 23.3 Å². The van der Waals surface area contributed by atoms with Crippen molar-refractivity contribution >= 4 is 5.91 Å². The normalized spacial score (nSPS) is 21.9. The van der Waals surface area contributed by atoms with E-state index in [9.17, 15) is 13.6 Å². The molecule has 1 aliphatic carbocycles. The zero-order valence-corrected chi connectivity index (χ0v) is 10.2. The van der Waals surface area contributed by atoms with Gasteiger partial charge < -0.3 is 15.2 Å². The van der Waals surface area contributed by atoms with Crippen molar-refractivity contribution in [2.45, 2.75) is 25.6 Å². The standard InChI is InChI=1S/C13H15F2NO3/c14-13(15)19-11-4-2-1-3-10(11)12(18)16-7-8-5-9(17)6-8/h1-4,8-9,13,17H,5-7H2,(H,16,18). The largest absolute Gasteiger partial charge is 0.434 e. The van der Waals surface area contributed by atoms with E-state index in [1.54, 1.807) is 6.07 Å². The van der Waals surface area contributed by atoms with Gasteiger partial charge >= 0.3 is 6.61 Å². The van der Waals surface area contributed by atoms with Gasteiger partial charge in [0.25, 0.3) is 5.91 Å². The first kappa shape index (κ1) is 13.7. The molecule has 1 amide bonds. The summed E-state index contributed by atoms with van der Waals surface area (Å²) in [5.41, 5.74) is 0.0858. The van der Waals surface area contributed by atoms with E-state index < -0.39 is 12.5 Å². The van der Waals surface area contributed by atoms with E-state index in [1.807, 2.05) is 0 Å². The monoisotopic (exact) mass is 271 g/mol. The zero-order valence-electron chi connectivity index (χ0n) is 10.2. The van der Waals surface area contributed by atoms with Crippen molar-refractivity contribution < 1.29 is 23.4 Å². The van der Waals surface area contributed by atoms with Gasteiger partial charge in [0.05, 0.1) is 11.7 Å². The average molecular weight is 271 g/mol. The van der Waals surface area contributed by atoms with E-state index in [0.29, 0.717) is 19.4 Å². The lowest BCUT2D eigenvalue weighted by molar-refractivity contribution is -0.0501. The molecule has 0 aliphatic heterocycles. The third-order valence-corrected chi connectivity index (χ3v) is 3.11. The SMILES string of the molecule is O=C(NCC1CC(O)C1)c1ccccc1OC(F)F. The summed E-state index contributed by atoms with van der Waals surface area (Å²) >= 11 is 0. The Balaban J connectivity index is 1.94. The van der Waals surface area contributed by atoms with Gasteiger partial charge in [-0.15, -0.1) is 0 Å². The first-order chi connectivity index (χ1) is 9.06. The fourth-order valence-corrected chi connectivity index (χ4v) is 2.05. The molecule has 0 spiro atoms. The Morgan fingerprint density at radius 2 is 2.11 bits per heavy atom. The minimum absolute atomic E-state index is 0.0858. The second kappa shape index (κ2) is 5.97. The van der Waals surface area contributed by atoms with Gasteiger partial charge in [0.1, 0.15) is 5.75 Å². The molecule has 0 aromatic heterocycles. The molecule has 2 rings (SSSR count). The van der Waals surface area contributed by atoms with Crippen LogP contribution in [-0.2, 0) is 0 Å². The quantitative estimate of drug-likeness (QED) is 0.858. The van der Waals surface area contributed by atoms with Gasteiger partial charge in [-0.25, -0.2) is 0 Å². The highest BCUT2D eigenvalue weighted by molar-refractivity contribution is 5.96. The van der Waals surface area contributed by atoms with Crippen LogP contribution in [0.3, 0.4) is 0 Å². The maximum absolute atomic E-state index is 12.2. The number of rotatable bonds is 5. The second-order valence-corrected chi connectivity index (χ2v) is 4.58. The number of para-hydroxylation sites is 1. The molecule has 0 atom stereocenters. The summed E-state index contributed by atoms with van der Waals surface area (Å²) in [5, 5.41) is 11.8. The first-order valence-electron chi connectivity index (χ1n) is 6.06. The van der Waals surface area contributed by atoms with Crippen molar-refractivity contribution in [1.82, 2.24) is 5.32 Å². The van der Waals surface area contributed by atoms with Crippen LogP contribution in [0.5, 0.6) is 5.75 Å². The van der Waals surface area contributed by atoms with E-state index >= 15 is 0 Å². The average Bonchev–Trinajstić information content (AvgIpc) is 2.33. The first-order valence-corrected chi connectivity index (χ1v) is 6.06. The van der Waals surface area contributed by atoms with Crippen molar-refractivity contribution in [2.24, 2.45) is 5.92 Å². The molecule has 0 bridgehead atoms. The van der Waals surface area contributed by atoms with Crippen LogP contribution in [-0.4, -0.2) is 30.3 Å². The van der Waals surface area contributed by atoms with Gasteiger partial charge in [-0.05, 0) is 30.9 Å². The van der Waals surface area contributed by atoms with Crippen LogP contribution >= 0.6 is 0 Å². The molecule has 2 N–H and O–H groups in total. The number of carbonyl (C=O) groups is 1. The van der Waals surface area contributed by atoms with E-state index in [2.05, 4.69) is 10.1 Å². The number of amides is 1. The zero-order chi connectivity index (χ0) is 13.8. The van der Waals surface area contributed by atoms with Gasteiger partial charge in [0.2, 0.25) is 0 Å². The molecule has 1 saturated carbocycles. The Labute approximate surface area is 109 Å². The molecule has 1 aromatic rings. The molecule has 4 nitrogen and oxygen atoms in total. The summed E-state index contributed by atoms with van der Waals surface area (Å²) in [4.78, 5) is 11.9. The molecule has 0 heterocycles. The van der Waals surface area contributed by atoms with E-state index in [0.717, 1.165) is 0 Å². The third kappa shape index (κ3) is 3.64. The lowest BCUT2D eigenvalue weighted by Gasteiger charge is -2.31. The maximum atomic E-state index is 12.2. The number of alkyl halides is 2. The summed E-state index contributed by atoms with van der Waals surface area (Å²) in [6.07, 6.45) is 1.04. The van der Waals surface area contributed by atoms with Crippen LogP contribution in [0.25, 0.3) is 0 Å². The van der Waals surface area contributed by atoms with Gasteiger partial charge in [0, 0.05) is 6.54 Å². The minimum atomic E-state index is -2.96. The van der Waals surface area contributed by atoms with Crippen LogP contribution in [0.4, 0.5) is 8.78 Å². The highest BCUT2D eigenvalue weighted by Gasteiger charge is 2.27. The number of halogens is 2. The van der Waals surface area contributed by atoms with Gasteiger partial charge in [-0.3, -0.25) is 4.79 Å². The number of ether oxygens (including phenoxy) is 1. The predicted molar refractivity (Wildman–Crippen MR) is 64.1 cm³/mol. The Bertz CT molecular complexity index is 447. The number of aliphatic hydroxyl groups is 1. The van der Waals surface area contributed by atoms with Crippen molar-refractivity contribution in [3.8, 4) is 5.75 Å². The Hall–Kier alpha value is -1.69. The highest BCUT2D eigenvalue weighted by Crippen LogP contribution is 2.26. The lowest BCUT2D eigenvalue weighted by atomic mass is 9.82. The van der Waals surface area contributed by atoms with Crippen LogP contribution < -0.4 is 10.1 Å². The Morgan fingerprint density at radius 3 is 2.74 bits per heavy atom. The van der Waals surface area contributed by atoms with Gasteiger partial charge in [-0.2, -0.15) is 8.78 Å². The summed E-state index contributed by atoms with van der Waals surface area (Å²) in [6.45, 7) is -2.53. The molecular weight excluding hydrogens is 256 g/mol.